The van der Waals surface area contributed by atoms with Gasteiger partial charge in [-0.15, -0.1) is 0 Å². The summed E-state index contributed by atoms with van der Waals surface area (Å²) in [6.45, 7) is 3.66. The summed E-state index contributed by atoms with van der Waals surface area (Å²) in [7, 11) is 0. The van der Waals surface area contributed by atoms with E-state index in [0.717, 1.165) is 28.7 Å². The number of hydrogen-bond donors (Lipinski definition) is 0. The molecule has 0 bridgehead atoms. The Morgan fingerprint density at radius 2 is 1.87 bits per heavy atom. The zero-order valence-electron chi connectivity index (χ0n) is 13.1. The summed E-state index contributed by atoms with van der Waals surface area (Å²) in [5.74, 6) is -0.396. The Morgan fingerprint density at radius 3 is 2.52 bits per heavy atom. The average Bonchev–Trinajstić information content (AvgIpc) is 2.79. The SMILES string of the molecule is Cc1cc(F)cc(Cc2ccc(C(F)(F)F)c3c2CC[C@H]3C)c1. The van der Waals surface area contributed by atoms with Crippen LogP contribution in [0.5, 0.6) is 0 Å². The highest BCUT2D eigenvalue weighted by Crippen LogP contribution is 2.44. The van der Waals surface area contributed by atoms with Gasteiger partial charge in [0.15, 0.2) is 0 Å². The van der Waals surface area contributed by atoms with Crippen LogP contribution < -0.4 is 0 Å². The van der Waals surface area contributed by atoms with Crippen molar-refractivity contribution >= 4 is 0 Å². The molecule has 0 amide bonds. The van der Waals surface area contributed by atoms with Gasteiger partial charge in [0.25, 0.3) is 0 Å². The van der Waals surface area contributed by atoms with Crippen molar-refractivity contribution in [1.29, 1.82) is 0 Å². The molecule has 1 aliphatic carbocycles. The van der Waals surface area contributed by atoms with Crippen molar-refractivity contribution in [3.8, 4) is 0 Å². The lowest BCUT2D eigenvalue weighted by Gasteiger charge is -2.18. The van der Waals surface area contributed by atoms with Crippen LogP contribution in [-0.4, -0.2) is 0 Å². The first-order valence-electron chi connectivity index (χ1n) is 7.73. The minimum Gasteiger partial charge on any atom is -0.207 e. The van der Waals surface area contributed by atoms with Crippen molar-refractivity contribution in [2.24, 2.45) is 0 Å². The zero-order chi connectivity index (χ0) is 16.8. The van der Waals surface area contributed by atoms with Crippen molar-refractivity contribution < 1.29 is 17.6 Å². The van der Waals surface area contributed by atoms with Gasteiger partial charge in [0.05, 0.1) is 5.56 Å². The molecule has 0 N–H and O–H groups in total. The monoisotopic (exact) mass is 322 g/mol. The van der Waals surface area contributed by atoms with Crippen LogP contribution in [-0.2, 0) is 19.0 Å². The molecule has 0 spiro atoms. The predicted octanol–water partition coefficient (Wildman–Crippen LogP) is 5.79. The first-order valence-corrected chi connectivity index (χ1v) is 7.73. The molecule has 0 aliphatic heterocycles. The van der Waals surface area contributed by atoms with Crippen molar-refractivity contribution in [3.63, 3.8) is 0 Å². The lowest BCUT2D eigenvalue weighted by molar-refractivity contribution is -0.138. The van der Waals surface area contributed by atoms with Gasteiger partial charge < -0.3 is 0 Å². The van der Waals surface area contributed by atoms with Gasteiger partial charge >= 0.3 is 6.18 Å². The molecular formula is C19H18F4. The van der Waals surface area contributed by atoms with Crippen LogP contribution in [0.15, 0.2) is 30.3 Å². The summed E-state index contributed by atoms with van der Waals surface area (Å²) >= 11 is 0. The van der Waals surface area contributed by atoms with Crippen molar-refractivity contribution in [2.45, 2.75) is 45.2 Å². The number of aryl methyl sites for hydroxylation is 1. The van der Waals surface area contributed by atoms with E-state index in [2.05, 4.69) is 0 Å². The molecule has 4 heteroatoms. The summed E-state index contributed by atoms with van der Waals surface area (Å²) in [5.41, 5.74) is 3.21. The smallest absolute Gasteiger partial charge is 0.207 e. The largest absolute Gasteiger partial charge is 0.416 e. The maximum atomic E-state index is 13.5. The molecule has 0 aromatic heterocycles. The highest BCUT2D eigenvalue weighted by molar-refractivity contribution is 5.49. The van der Waals surface area contributed by atoms with Gasteiger partial charge in [0.1, 0.15) is 5.82 Å². The van der Waals surface area contributed by atoms with Gasteiger partial charge in [-0.1, -0.05) is 19.1 Å². The Kier molecular flexibility index (Phi) is 3.95. The van der Waals surface area contributed by atoms with Gasteiger partial charge in [-0.2, -0.15) is 13.2 Å². The third-order valence-electron chi connectivity index (χ3n) is 4.58. The molecular weight excluding hydrogens is 304 g/mol. The first-order chi connectivity index (χ1) is 10.8. The Morgan fingerprint density at radius 1 is 1.13 bits per heavy atom. The van der Waals surface area contributed by atoms with Crippen LogP contribution in [0.2, 0.25) is 0 Å². The highest BCUT2D eigenvalue weighted by atomic mass is 19.4. The second-order valence-electron chi connectivity index (χ2n) is 6.42. The third-order valence-corrected chi connectivity index (χ3v) is 4.58. The standard InChI is InChI=1S/C19H18F4/c1-11-7-13(10-15(20)8-11)9-14-4-6-17(19(21,22)23)18-12(2)3-5-16(14)18/h4,6-8,10,12H,3,5,9H2,1-2H3/t12-/m1/s1. The molecule has 0 radical (unpaired) electrons. The zero-order valence-corrected chi connectivity index (χ0v) is 13.1. The van der Waals surface area contributed by atoms with Crippen LogP contribution in [0.1, 0.15) is 52.6 Å². The van der Waals surface area contributed by atoms with E-state index in [9.17, 15) is 17.6 Å². The first kappa shape index (κ1) is 16.0. The lowest BCUT2D eigenvalue weighted by Crippen LogP contribution is -2.11. The molecule has 122 valence electrons. The third kappa shape index (κ3) is 3.12. The normalized spacial score (nSPS) is 17.4. The van der Waals surface area contributed by atoms with E-state index in [1.165, 1.54) is 18.2 Å². The van der Waals surface area contributed by atoms with E-state index < -0.39 is 11.7 Å². The number of fused-ring (bicyclic) bond motifs is 1. The quantitative estimate of drug-likeness (QED) is 0.614. The molecule has 1 atom stereocenters. The Bertz CT molecular complexity index is 724. The minimum atomic E-state index is -4.32. The fourth-order valence-corrected chi connectivity index (χ4v) is 3.62. The highest BCUT2D eigenvalue weighted by Gasteiger charge is 2.38. The summed E-state index contributed by atoms with van der Waals surface area (Å²) < 4.78 is 53.2. The van der Waals surface area contributed by atoms with Crippen LogP contribution in [0.4, 0.5) is 17.6 Å². The molecule has 1 aliphatic rings. The molecule has 0 fully saturated rings. The molecule has 0 saturated heterocycles. The molecule has 0 saturated carbocycles. The van der Waals surface area contributed by atoms with Gasteiger partial charge in [-0.05, 0) is 78.1 Å². The Hall–Kier alpha value is -1.84. The molecule has 23 heavy (non-hydrogen) atoms. The van der Waals surface area contributed by atoms with Crippen molar-refractivity contribution in [2.75, 3.05) is 0 Å². The molecule has 3 rings (SSSR count). The van der Waals surface area contributed by atoms with E-state index in [0.29, 0.717) is 18.4 Å². The maximum absolute atomic E-state index is 13.5. The van der Waals surface area contributed by atoms with Gasteiger partial charge in [0.2, 0.25) is 0 Å². The second kappa shape index (κ2) is 5.66. The summed E-state index contributed by atoms with van der Waals surface area (Å²) in [6, 6.07) is 7.52. The Labute approximate surface area is 133 Å². The Balaban J connectivity index is 2.05. The molecule has 0 unspecified atom stereocenters. The summed E-state index contributed by atoms with van der Waals surface area (Å²) in [6.07, 6.45) is -2.47. The second-order valence-corrected chi connectivity index (χ2v) is 6.42. The maximum Gasteiger partial charge on any atom is 0.416 e. The van der Waals surface area contributed by atoms with E-state index in [1.807, 2.05) is 19.9 Å². The summed E-state index contributed by atoms with van der Waals surface area (Å²) in [5, 5.41) is 0. The van der Waals surface area contributed by atoms with Crippen LogP contribution >= 0.6 is 0 Å². The number of alkyl halides is 3. The average molecular weight is 322 g/mol. The fourth-order valence-electron chi connectivity index (χ4n) is 3.62. The van der Waals surface area contributed by atoms with Crippen LogP contribution in [0.25, 0.3) is 0 Å². The minimum absolute atomic E-state index is 0.0872. The van der Waals surface area contributed by atoms with Crippen LogP contribution in [0.3, 0.4) is 0 Å². The van der Waals surface area contributed by atoms with Crippen molar-refractivity contribution in [1.82, 2.24) is 0 Å². The fraction of sp³-hybridized carbons (Fsp3) is 0.368. The molecule has 0 heterocycles. The number of rotatable bonds is 2. The number of halogens is 4. The van der Waals surface area contributed by atoms with Crippen LogP contribution in [0, 0.1) is 12.7 Å². The van der Waals surface area contributed by atoms with E-state index in [1.54, 1.807) is 6.07 Å². The molecule has 2 aromatic rings. The van der Waals surface area contributed by atoms with Gasteiger partial charge in [0, 0.05) is 0 Å². The number of hydrogen-bond acceptors (Lipinski definition) is 0. The lowest BCUT2D eigenvalue weighted by atomic mass is 9.91. The topological polar surface area (TPSA) is 0 Å². The van der Waals surface area contributed by atoms with E-state index in [4.69, 9.17) is 0 Å². The van der Waals surface area contributed by atoms with Gasteiger partial charge in [-0.3, -0.25) is 0 Å². The number of benzene rings is 2. The predicted molar refractivity (Wildman–Crippen MR) is 82.1 cm³/mol. The summed E-state index contributed by atoms with van der Waals surface area (Å²) in [4.78, 5) is 0. The van der Waals surface area contributed by atoms with E-state index in [-0.39, 0.29) is 11.7 Å². The van der Waals surface area contributed by atoms with Crippen molar-refractivity contribution in [3.05, 3.63) is 69.5 Å². The van der Waals surface area contributed by atoms with E-state index >= 15 is 0 Å². The molecule has 2 aromatic carbocycles. The molecule has 0 nitrogen and oxygen atoms in total. The van der Waals surface area contributed by atoms with Gasteiger partial charge in [-0.25, -0.2) is 4.39 Å².